The molecule has 0 amide bonds. The summed E-state index contributed by atoms with van der Waals surface area (Å²) in [5, 5.41) is 0. The van der Waals surface area contributed by atoms with Gasteiger partial charge in [-0.3, -0.25) is 9.97 Å². The van der Waals surface area contributed by atoms with Gasteiger partial charge in [0.2, 0.25) is 0 Å². The summed E-state index contributed by atoms with van der Waals surface area (Å²) in [4.78, 5) is 8.29. The van der Waals surface area contributed by atoms with Crippen molar-refractivity contribution in [2.24, 2.45) is 5.73 Å². The molecule has 0 fully saturated rings. The molecule has 4 nitrogen and oxygen atoms in total. The molecular formula is C15H17N3O. The Morgan fingerprint density at radius 1 is 1.32 bits per heavy atom. The Labute approximate surface area is 112 Å². The summed E-state index contributed by atoms with van der Waals surface area (Å²) < 4.78 is 5.51. The highest BCUT2D eigenvalue weighted by atomic mass is 16.5. The molecule has 2 N–H and O–H groups in total. The lowest BCUT2D eigenvalue weighted by Crippen LogP contribution is -2.13. The summed E-state index contributed by atoms with van der Waals surface area (Å²) in [6, 6.07) is 6.35. The molecule has 1 unspecified atom stereocenters. The van der Waals surface area contributed by atoms with Gasteiger partial charge in [0.25, 0.3) is 0 Å². The first-order chi connectivity index (χ1) is 9.33. The third-order valence-electron chi connectivity index (χ3n) is 3.46. The van der Waals surface area contributed by atoms with Crippen molar-refractivity contribution in [3.8, 4) is 5.75 Å². The Morgan fingerprint density at radius 3 is 3.11 bits per heavy atom. The van der Waals surface area contributed by atoms with Crippen molar-refractivity contribution in [2.75, 3.05) is 6.61 Å². The van der Waals surface area contributed by atoms with E-state index in [9.17, 15) is 0 Å². The number of ether oxygens (including phenoxy) is 1. The molecule has 3 rings (SSSR count). The number of hydrogen-bond acceptors (Lipinski definition) is 4. The number of aromatic nitrogens is 2. The van der Waals surface area contributed by atoms with Crippen LogP contribution in [0.1, 0.15) is 29.3 Å². The number of hydrogen-bond donors (Lipinski definition) is 1. The Hall–Kier alpha value is -1.94. The minimum atomic E-state index is -0.0572. The van der Waals surface area contributed by atoms with Crippen LogP contribution >= 0.6 is 0 Å². The Balaban J connectivity index is 1.63. The van der Waals surface area contributed by atoms with Crippen molar-refractivity contribution >= 4 is 0 Å². The molecule has 2 aromatic rings. The van der Waals surface area contributed by atoms with Crippen LogP contribution in [0.15, 0.2) is 36.8 Å². The van der Waals surface area contributed by atoms with Gasteiger partial charge in [-0.15, -0.1) is 0 Å². The number of aryl methyl sites for hydroxylation is 1. The SMILES string of the molecule is NC(CCc1ccc2c(c1)CCO2)c1cnccn1. The maximum absolute atomic E-state index is 6.13. The molecule has 0 spiro atoms. The fourth-order valence-corrected chi connectivity index (χ4v) is 2.37. The van der Waals surface area contributed by atoms with E-state index in [1.165, 1.54) is 11.1 Å². The number of nitrogens with zero attached hydrogens (tertiary/aromatic N) is 2. The zero-order valence-electron chi connectivity index (χ0n) is 10.7. The molecule has 98 valence electrons. The van der Waals surface area contributed by atoms with Crippen LogP contribution < -0.4 is 10.5 Å². The Bertz CT molecular complexity index is 557. The number of fused-ring (bicyclic) bond motifs is 1. The molecular weight excluding hydrogens is 238 g/mol. The molecule has 1 aromatic carbocycles. The van der Waals surface area contributed by atoms with Gasteiger partial charge in [-0.1, -0.05) is 12.1 Å². The molecule has 0 saturated carbocycles. The average Bonchev–Trinajstić information content (AvgIpc) is 2.93. The normalized spacial score (nSPS) is 14.8. The second-order valence-electron chi connectivity index (χ2n) is 4.82. The van der Waals surface area contributed by atoms with Crippen LogP contribution in [-0.4, -0.2) is 16.6 Å². The zero-order chi connectivity index (χ0) is 13.1. The van der Waals surface area contributed by atoms with Crippen LogP contribution in [0.3, 0.4) is 0 Å². The van der Waals surface area contributed by atoms with Crippen molar-refractivity contribution in [1.29, 1.82) is 0 Å². The van der Waals surface area contributed by atoms with E-state index in [1.807, 2.05) is 0 Å². The molecule has 4 heteroatoms. The number of nitrogens with two attached hydrogens (primary N) is 1. The van der Waals surface area contributed by atoms with E-state index >= 15 is 0 Å². The Morgan fingerprint density at radius 2 is 2.26 bits per heavy atom. The first-order valence-corrected chi connectivity index (χ1v) is 6.59. The van der Waals surface area contributed by atoms with E-state index in [0.717, 1.165) is 37.3 Å². The third-order valence-corrected chi connectivity index (χ3v) is 3.46. The summed E-state index contributed by atoms with van der Waals surface area (Å²) in [5.74, 6) is 1.03. The highest BCUT2D eigenvalue weighted by Gasteiger charge is 2.13. The zero-order valence-corrected chi connectivity index (χ0v) is 10.7. The lowest BCUT2D eigenvalue weighted by molar-refractivity contribution is 0.357. The molecule has 0 radical (unpaired) electrons. The van der Waals surface area contributed by atoms with Crippen LogP contribution in [-0.2, 0) is 12.8 Å². The Kier molecular flexibility index (Phi) is 3.42. The van der Waals surface area contributed by atoms with Gasteiger partial charge >= 0.3 is 0 Å². The fourth-order valence-electron chi connectivity index (χ4n) is 2.37. The average molecular weight is 255 g/mol. The number of rotatable bonds is 4. The molecule has 0 aliphatic carbocycles. The summed E-state index contributed by atoms with van der Waals surface area (Å²) in [5.41, 5.74) is 9.60. The topological polar surface area (TPSA) is 61.0 Å². The van der Waals surface area contributed by atoms with Crippen LogP contribution in [0, 0.1) is 0 Å². The van der Waals surface area contributed by atoms with Gasteiger partial charge in [0, 0.05) is 31.1 Å². The minimum absolute atomic E-state index is 0.0572. The minimum Gasteiger partial charge on any atom is -0.493 e. The van der Waals surface area contributed by atoms with E-state index < -0.39 is 0 Å². The highest BCUT2D eigenvalue weighted by molar-refractivity contribution is 5.39. The molecule has 0 saturated heterocycles. The van der Waals surface area contributed by atoms with E-state index in [-0.39, 0.29) is 6.04 Å². The van der Waals surface area contributed by atoms with Crippen LogP contribution in [0.2, 0.25) is 0 Å². The van der Waals surface area contributed by atoms with Crippen molar-refractivity contribution in [3.63, 3.8) is 0 Å². The summed E-state index contributed by atoms with van der Waals surface area (Å²) in [7, 11) is 0. The van der Waals surface area contributed by atoms with Crippen molar-refractivity contribution in [3.05, 3.63) is 53.6 Å². The first kappa shape index (κ1) is 12.1. The lowest BCUT2D eigenvalue weighted by Gasteiger charge is -2.10. The smallest absolute Gasteiger partial charge is 0.122 e. The van der Waals surface area contributed by atoms with Gasteiger partial charge in [-0.25, -0.2) is 0 Å². The molecule has 1 aromatic heterocycles. The van der Waals surface area contributed by atoms with Crippen LogP contribution in [0.5, 0.6) is 5.75 Å². The van der Waals surface area contributed by atoms with Crippen molar-refractivity contribution in [2.45, 2.75) is 25.3 Å². The predicted molar refractivity (Wildman–Crippen MR) is 72.9 cm³/mol. The standard InChI is InChI=1S/C15H17N3O/c16-13(14-10-17-6-7-18-14)3-1-11-2-4-15-12(9-11)5-8-19-15/h2,4,6-7,9-10,13H,1,3,5,8,16H2. The second kappa shape index (κ2) is 5.36. The summed E-state index contributed by atoms with van der Waals surface area (Å²) in [6.45, 7) is 0.803. The summed E-state index contributed by atoms with van der Waals surface area (Å²) in [6.07, 6.45) is 7.92. The molecule has 19 heavy (non-hydrogen) atoms. The monoisotopic (exact) mass is 255 g/mol. The maximum atomic E-state index is 6.13. The molecule has 1 aliphatic rings. The van der Waals surface area contributed by atoms with Gasteiger partial charge in [-0.2, -0.15) is 0 Å². The van der Waals surface area contributed by atoms with E-state index in [1.54, 1.807) is 18.6 Å². The first-order valence-electron chi connectivity index (χ1n) is 6.59. The molecule has 2 heterocycles. The third kappa shape index (κ3) is 2.74. The molecule has 1 aliphatic heterocycles. The fraction of sp³-hybridized carbons (Fsp3) is 0.333. The maximum Gasteiger partial charge on any atom is 0.122 e. The summed E-state index contributed by atoms with van der Waals surface area (Å²) >= 11 is 0. The van der Waals surface area contributed by atoms with E-state index in [2.05, 4.69) is 28.2 Å². The van der Waals surface area contributed by atoms with Gasteiger partial charge in [0.05, 0.1) is 12.3 Å². The predicted octanol–water partition coefficient (Wildman–Crippen LogP) is 2.04. The quantitative estimate of drug-likeness (QED) is 0.908. The van der Waals surface area contributed by atoms with Gasteiger partial charge in [-0.05, 0) is 30.0 Å². The van der Waals surface area contributed by atoms with E-state index in [4.69, 9.17) is 10.5 Å². The highest BCUT2D eigenvalue weighted by Crippen LogP contribution is 2.26. The number of benzene rings is 1. The van der Waals surface area contributed by atoms with Crippen LogP contribution in [0.25, 0.3) is 0 Å². The molecule has 0 bridgehead atoms. The van der Waals surface area contributed by atoms with E-state index in [0.29, 0.717) is 0 Å². The van der Waals surface area contributed by atoms with Gasteiger partial charge in [0.15, 0.2) is 0 Å². The second-order valence-corrected chi connectivity index (χ2v) is 4.82. The van der Waals surface area contributed by atoms with Crippen molar-refractivity contribution in [1.82, 2.24) is 9.97 Å². The largest absolute Gasteiger partial charge is 0.493 e. The molecule has 1 atom stereocenters. The van der Waals surface area contributed by atoms with Crippen molar-refractivity contribution < 1.29 is 4.74 Å². The van der Waals surface area contributed by atoms with Gasteiger partial charge in [0.1, 0.15) is 5.75 Å². The van der Waals surface area contributed by atoms with Crippen LogP contribution in [0.4, 0.5) is 0 Å². The van der Waals surface area contributed by atoms with Gasteiger partial charge < -0.3 is 10.5 Å². The lowest BCUT2D eigenvalue weighted by atomic mass is 10.0.